The summed E-state index contributed by atoms with van der Waals surface area (Å²) in [6.07, 6.45) is 1.58. The number of aryl methyl sites for hydroxylation is 1. The molecule has 0 unspecified atom stereocenters. The Kier molecular flexibility index (Phi) is 3.56. The van der Waals surface area contributed by atoms with Crippen LogP contribution in [0.3, 0.4) is 0 Å². The molecule has 66 valence electrons. The quantitative estimate of drug-likeness (QED) is 0.835. The average molecular weight is 231 g/mol. The van der Waals surface area contributed by atoms with Crippen LogP contribution in [0.25, 0.3) is 0 Å². The van der Waals surface area contributed by atoms with Crippen LogP contribution in [0.1, 0.15) is 12.0 Å². The molecule has 1 rings (SSSR count). The van der Waals surface area contributed by atoms with Crippen LogP contribution in [0.2, 0.25) is 0 Å². The summed E-state index contributed by atoms with van der Waals surface area (Å²) in [5.41, 5.74) is 1.11. The van der Waals surface area contributed by atoms with Gasteiger partial charge >= 0.3 is 0 Å². The maximum Gasteiger partial charge on any atom is 0.116 e. The summed E-state index contributed by atoms with van der Waals surface area (Å²) < 4.78 is 0.899. The second-order valence-electron chi connectivity index (χ2n) is 2.60. The minimum Gasteiger partial charge on any atom is -0.508 e. The molecule has 0 aromatic heterocycles. The number of benzene rings is 1. The Hall–Kier alpha value is -0.540. The van der Waals surface area contributed by atoms with Gasteiger partial charge in [0.15, 0.2) is 0 Å². The van der Waals surface area contributed by atoms with Gasteiger partial charge in [-0.25, -0.2) is 0 Å². The molecule has 1 aromatic carbocycles. The van der Waals surface area contributed by atoms with E-state index in [0.29, 0.717) is 0 Å². The number of hydrogen-bond acceptors (Lipinski definition) is 2. The fourth-order valence-electron chi connectivity index (χ4n) is 1.01. The summed E-state index contributed by atoms with van der Waals surface area (Å²) >= 11 is 3.34. The number of phenolic OH excluding ortho intramolecular Hbond substituents is 1. The highest BCUT2D eigenvalue weighted by atomic mass is 79.9. The third kappa shape index (κ3) is 2.50. The predicted octanol–water partition coefficient (Wildman–Crippen LogP) is 2.08. The summed E-state index contributed by atoms with van der Waals surface area (Å²) in [6.45, 7) is 0.202. The molecule has 0 atom stereocenters. The lowest BCUT2D eigenvalue weighted by Gasteiger charge is -2.02. The Balaban J connectivity index is 2.72. The van der Waals surface area contributed by atoms with Crippen molar-refractivity contribution in [2.24, 2.45) is 0 Å². The summed E-state index contributed by atoms with van der Waals surface area (Å²) in [7, 11) is 0. The largest absolute Gasteiger partial charge is 0.508 e. The van der Waals surface area contributed by atoms with E-state index in [1.807, 2.05) is 6.07 Å². The first-order valence-electron chi connectivity index (χ1n) is 3.82. The zero-order chi connectivity index (χ0) is 8.97. The van der Waals surface area contributed by atoms with Gasteiger partial charge in [0.1, 0.15) is 5.75 Å². The predicted molar refractivity (Wildman–Crippen MR) is 51.2 cm³/mol. The Morgan fingerprint density at radius 2 is 2.08 bits per heavy atom. The molecular weight excluding hydrogens is 220 g/mol. The van der Waals surface area contributed by atoms with Gasteiger partial charge in [-0.15, -0.1) is 0 Å². The SMILES string of the molecule is OCCCc1ccc(O)cc1Br. The number of hydrogen-bond donors (Lipinski definition) is 2. The fourth-order valence-corrected chi connectivity index (χ4v) is 1.57. The molecule has 0 fully saturated rings. The van der Waals surface area contributed by atoms with E-state index in [9.17, 15) is 0 Å². The Bertz CT molecular complexity index is 261. The molecule has 0 spiro atoms. The Morgan fingerprint density at radius 1 is 1.33 bits per heavy atom. The van der Waals surface area contributed by atoms with Crippen LogP contribution in [0, 0.1) is 0 Å². The van der Waals surface area contributed by atoms with Gasteiger partial charge < -0.3 is 10.2 Å². The summed E-state index contributed by atoms with van der Waals surface area (Å²) in [4.78, 5) is 0. The van der Waals surface area contributed by atoms with E-state index >= 15 is 0 Å². The normalized spacial score (nSPS) is 10.2. The highest BCUT2D eigenvalue weighted by Gasteiger charge is 1.99. The van der Waals surface area contributed by atoms with Gasteiger partial charge in [0.25, 0.3) is 0 Å². The van der Waals surface area contributed by atoms with Crippen LogP contribution in [0.15, 0.2) is 22.7 Å². The van der Waals surface area contributed by atoms with Crippen LogP contribution in [-0.4, -0.2) is 16.8 Å². The lowest BCUT2D eigenvalue weighted by molar-refractivity contribution is 0.288. The van der Waals surface area contributed by atoms with Gasteiger partial charge in [0.2, 0.25) is 0 Å². The molecule has 0 saturated heterocycles. The van der Waals surface area contributed by atoms with Gasteiger partial charge in [-0.2, -0.15) is 0 Å². The van der Waals surface area contributed by atoms with Crippen LogP contribution in [-0.2, 0) is 6.42 Å². The van der Waals surface area contributed by atoms with Gasteiger partial charge in [-0.05, 0) is 30.5 Å². The van der Waals surface area contributed by atoms with E-state index in [1.165, 1.54) is 0 Å². The molecule has 0 saturated carbocycles. The van der Waals surface area contributed by atoms with E-state index in [1.54, 1.807) is 12.1 Å². The van der Waals surface area contributed by atoms with Crippen molar-refractivity contribution >= 4 is 15.9 Å². The van der Waals surface area contributed by atoms with Gasteiger partial charge in [0, 0.05) is 11.1 Å². The van der Waals surface area contributed by atoms with Crippen molar-refractivity contribution in [2.75, 3.05) is 6.61 Å². The molecule has 3 heteroatoms. The molecule has 2 nitrogen and oxygen atoms in total. The molecule has 0 radical (unpaired) electrons. The number of halogens is 1. The molecule has 0 aliphatic carbocycles. The topological polar surface area (TPSA) is 40.5 Å². The fraction of sp³-hybridized carbons (Fsp3) is 0.333. The second-order valence-corrected chi connectivity index (χ2v) is 3.46. The molecule has 0 heterocycles. The number of aliphatic hydroxyl groups excluding tert-OH is 1. The molecule has 0 aliphatic rings. The van der Waals surface area contributed by atoms with Gasteiger partial charge in [-0.3, -0.25) is 0 Å². The minimum absolute atomic E-state index is 0.202. The average Bonchev–Trinajstić information content (AvgIpc) is 2.03. The van der Waals surface area contributed by atoms with Crippen molar-refractivity contribution in [3.05, 3.63) is 28.2 Å². The molecule has 0 aliphatic heterocycles. The molecule has 0 amide bonds. The molecule has 0 bridgehead atoms. The molecular formula is C9H11BrO2. The van der Waals surface area contributed by atoms with Crippen molar-refractivity contribution in [1.82, 2.24) is 0 Å². The first-order valence-corrected chi connectivity index (χ1v) is 4.61. The van der Waals surface area contributed by atoms with E-state index in [4.69, 9.17) is 10.2 Å². The molecule has 12 heavy (non-hydrogen) atoms. The Labute approximate surface area is 80.0 Å². The Morgan fingerprint density at radius 3 is 2.67 bits per heavy atom. The number of phenols is 1. The maximum absolute atomic E-state index is 9.08. The number of aliphatic hydroxyl groups is 1. The van der Waals surface area contributed by atoms with Crippen LogP contribution in [0.5, 0.6) is 5.75 Å². The van der Waals surface area contributed by atoms with E-state index in [0.717, 1.165) is 22.9 Å². The van der Waals surface area contributed by atoms with Crippen molar-refractivity contribution in [1.29, 1.82) is 0 Å². The van der Waals surface area contributed by atoms with E-state index in [2.05, 4.69) is 15.9 Å². The lowest BCUT2D eigenvalue weighted by Crippen LogP contribution is -1.90. The number of aromatic hydroxyl groups is 1. The van der Waals surface area contributed by atoms with Crippen molar-refractivity contribution in [3.8, 4) is 5.75 Å². The van der Waals surface area contributed by atoms with Crippen LogP contribution < -0.4 is 0 Å². The highest BCUT2D eigenvalue weighted by molar-refractivity contribution is 9.10. The van der Waals surface area contributed by atoms with Gasteiger partial charge in [-0.1, -0.05) is 22.0 Å². The third-order valence-electron chi connectivity index (χ3n) is 1.64. The lowest BCUT2D eigenvalue weighted by atomic mass is 10.1. The maximum atomic E-state index is 9.08. The minimum atomic E-state index is 0.202. The van der Waals surface area contributed by atoms with Crippen molar-refractivity contribution < 1.29 is 10.2 Å². The molecule has 2 N–H and O–H groups in total. The summed E-state index contributed by atoms with van der Waals surface area (Å²) in [5.74, 6) is 0.259. The number of rotatable bonds is 3. The van der Waals surface area contributed by atoms with Crippen LogP contribution in [0.4, 0.5) is 0 Å². The van der Waals surface area contributed by atoms with Crippen LogP contribution >= 0.6 is 15.9 Å². The monoisotopic (exact) mass is 230 g/mol. The highest BCUT2D eigenvalue weighted by Crippen LogP contribution is 2.22. The smallest absolute Gasteiger partial charge is 0.116 e. The van der Waals surface area contributed by atoms with E-state index in [-0.39, 0.29) is 12.4 Å². The first-order chi connectivity index (χ1) is 5.74. The zero-order valence-corrected chi connectivity index (χ0v) is 8.21. The van der Waals surface area contributed by atoms with Crippen molar-refractivity contribution in [3.63, 3.8) is 0 Å². The standard InChI is InChI=1S/C9H11BrO2/c10-9-6-8(12)4-3-7(9)2-1-5-11/h3-4,6,11-12H,1-2,5H2. The van der Waals surface area contributed by atoms with Crippen molar-refractivity contribution in [2.45, 2.75) is 12.8 Å². The third-order valence-corrected chi connectivity index (χ3v) is 2.38. The summed E-state index contributed by atoms with van der Waals surface area (Å²) in [5, 5.41) is 17.7. The van der Waals surface area contributed by atoms with E-state index < -0.39 is 0 Å². The first kappa shape index (κ1) is 9.55. The van der Waals surface area contributed by atoms with Gasteiger partial charge in [0.05, 0.1) is 0 Å². The molecule has 1 aromatic rings. The zero-order valence-electron chi connectivity index (χ0n) is 6.63. The summed E-state index contributed by atoms with van der Waals surface area (Å²) in [6, 6.07) is 5.17. The second kappa shape index (κ2) is 4.48.